The van der Waals surface area contributed by atoms with Gasteiger partial charge in [0, 0.05) is 65.6 Å². The maximum absolute atomic E-state index is 12.1. The lowest BCUT2D eigenvalue weighted by Gasteiger charge is -2.33. The first-order chi connectivity index (χ1) is 12.8. The molecule has 1 unspecified atom stereocenters. The van der Waals surface area contributed by atoms with Crippen LogP contribution in [-0.2, 0) is 17.3 Å². The molecule has 0 bridgehead atoms. The zero-order valence-corrected chi connectivity index (χ0v) is 18.5. The van der Waals surface area contributed by atoms with Gasteiger partial charge in [-0.25, -0.2) is 0 Å². The van der Waals surface area contributed by atoms with Gasteiger partial charge >= 0.3 is 0 Å². The van der Waals surface area contributed by atoms with E-state index in [1.54, 1.807) is 7.05 Å². The molecule has 1 saturated heterocycles. The van der Waals surface area contributed by atoms with Crippen LogP contribution in [-0.4, -0.2) is 58.3 Å². The maximum Gasteiger partial charge on any atom is 0.191 e. The van der Waals surface area contributed by atoms with E-state index >= 15 is 0 Å². The molecule has 2 rings (SSSR count). The predicted molar refractivity (Wildman–Crippen MR) is 117 cm³/mol. The van der Waals surface area contributed by atoms with Crippen molar-refractivity contribution in [3.8, 4) is 0 Å². The maximum atomic E-state index is 12.1. The second-order valence-electron chi connectivity index (χ2n) is 7.98. The lowest BCUT2D eigenvalue weighted by molar-refractivity contribution is 0.198. The van der Waals surface area contributed by atoms with Crippen molar-refractivity contribution in [2.24, 2.45) is 4.99 Å². The summed E-state index contributed by atoms with van der Waals surface area (Å²) in [4.78, 5) is 6.78. The topological polar surface area (TPSA) is 56.7 Å². The summed E-state index contributed by atoms with van der Waals surface area (Å²) in [6.45, 7) is 9.78. The zero-order valence-electron chi connectivity index (χ0n) is 16.9. The summed E-state index contributed by atoms with van der Waals surface area (Å²) in [6.07, 6.45) is 2.17. The smallest absolute Gasteiger partial charge is 0.191 e. The van der Waals surface area contributed by atoms with Crippen molar-refractivity contribution in [3.05, 3.63) is 34.9 Å². The lowest BCUT2D eigenvalue weighted by atomic mass is 10.0. The number of nitrogens with one attached hydrogen (secondary N) is 2. The monoisotopic (exact) mass is 412 g/mol. The molecule has 152 valence electrons. The van der Waals surface area contributed by atoms with E-state index < -0.39 is 10.8 Å². The van der Waals surface area contributed by atoms with E-state index in [9.17, 15) is 4.21 Å². The minimum absolute atomic E-state index is 0.171. The number of likely N-dealkylation sites (tertiary alicyclic amines) is 1. The number of hydrogen-bond donors (Lipinski definition) is 2. The third-order valence-corrected chi connectivity index (χ3v) is 6.93. The molecule has 1 fully saturated rings. The van der Waals surface area contributed by atoms with Crippen molar-refractivity contribution in [2.45, 2.75) is 50.9 Å². The molecule has 1 aromatic rings. The normalized spacial score (nSPS) is 18.3. The van der Waals surface area contributed by atoms with E-state index in [-0.39, 0.29) is 4.75 Å². The van der Waals surface area contributed by atoms with Gasteiger partial charge in [0.1, 0.15) is 0 Å². The molecule has 2 N–H and O–H groups in total. The second-order valence-corrected chi connectivity index (χ2v) is 10.7. The summed E-state index contributed by atoms with van der Waals surface area (Å²) in [5, 5.41) is 7.59. The van der Waals surface area contributed by atoms with E-state index in [1.165, 1.54) is 5.56 Å². The van der Waals surface area contributed by atoms with Crippen molar-refractivity contribution in [2.75, 3.05) is 32.4 Å². The number of guanidine groups is 1. The standard InChI is InChI=1S/C20H33ClN4OS/c1-20(2,3)27(26)14-11-23-19(22-4)24-18-9-12-25(13-10-18)15-16-5-7-17(21)8-6-16/h5-8,18H,9-15H2,1-4H3,(H2,22,23,24). The Morgan fingerprint density at radius 1 is 1.26 bits per heavy atom. The SMILES string of the molecule is CN=C(NCCS(=O)C(C)(C)C)NC1CCN(Cc2ccc(Cl)cc2)CC1. The van der Waals surface area contributed by atoms with Crippen LogP contribution in [0.4, 0.5) is 0 Å². The van der Waals surface area contributed by atoms with Crippen LogP contribution in [0.2, 0.25) is 5.02 Å². The lowest BCUT2D eigenvalue weighted by Crippen LogP contribution is -2.49. The number of piperidine rings is 1. The fourth-order valence-electron chi connectivity index (χ4n) is 3.04. The third-order valence-electron chi connectivity index (χ3n) is 4.73. The molecule has 27 heavy (non-hydrogen) atoms. The van der Waals surface area contributed by atoms with Crippen molar-refractivity contribution in [1.29, 1.82) is 0 Å². The van der Waals surface area contributed by atoms with Crippen LogP contribution in [0.25, 0.3) is 0 Å². The van der Waals surface area contributed by atoms with E-state index in [0.29, 0.717) is 18.3 Å². The molecule has 0 aliphatic carbocycles. The quantitative estimate of drug-likeness (QED) is 0.557. The molecule has 0 amide bonds. The van der Waals surface area contributed by atoms with Crippen molar-refractivity contribution < 1.29 is 4.21 Å². The Morgan fingerprint density at radius 2 is 1.89 bits per heavy atom. The molecular weight excluding hydrogens is 380 g/mol. The second kappa shape index (κ2) is 10.4. The summed E-state index contributed by atoms with van der Waals surface area (Å²) in [5.74, 6) is 1.43. The Labute approximate surface area is 171 Å². The van der Waals surface area contributed by atoms with Gasteiger partial charge < -0.3 is 10.6 Å². The Bertz CT molecular complexity index is 634. The molecule has 0 spiro atoms. The Morgan fingerprint density at radius 3 is 2.44 bits per heavy atom. The predicted octanol–water partition coefficient (Wildman–Crippen LogP) is 3.02. The van der Waals surface area contributed by atoms with Gasteiger partial charge in [-0.15, -0.1) is 0 Å². The molecule has 0 radical (unpaired) electrons. The van der Waals surface area contributed by atoms with Crippen LogP contribution >= 0.6 is 11.6 Å². The van der Waals surface area contributed by atoms with Crippen LogP contribution in [0, 0.1) is 0 Å². The van der Waals surface area contributed by atoms with Crippen molar-refractivity contribution in [1.82, 2.24) is 15.5 Å². The zero-order chi connectivity index (χ0) is 19.9. The summed E-state index contributed by atoms with van der Waals surface area (Å²) >= 11 is 5.96. The number of benzene rings is 1. The molecule has 1 aliphatic heterocycles. The molecule has 7 heteroatoms. The first kappa shape index (κ1) is 22.2. The third kappa shape index (κ3) is 7.80. The summed E-state index contributed by atoms with van der Waals surface area (Å²) in [7, 11) is 0.935. The number of aliphatic imine (C=N–C) groups is 1. The van der Waals surface area contributed by atoms with Gasteiger partial charge in [-0.05, 0) is 51.3 Å². The van der Waals surface area contributed by atoms with Crippen LogP contribution in [0.15, 0.2) is 29.3 Å². The first-order valence-electron chi connectivity index (χ1n) is 9.60. The van der Waals surface area contributed by atoms with Gasteiger partial charge in [-0.2, -0.15) is 0 Å². The molecule has 1 aromatic carbocycles. The minimum Gasteiger partial charge on any atom is -0.355 e. The van der Waals surface area contributed by atoms with Crippen LogP contribution < -0.4 is 10.6 Å². The van der Waals surface area contributed by atoms with Crippen molar-refractivity contribution in [3.63, 3.8) is 0 Å². The molecule has 1 atom stereocenters. The molecule has 0 aromatic heterocycles. The van der Waals surface area contributed by atoms with E-state index in [0.717, 1.165) is 43.5 Å². The summed E-state index contributed by atoms with van der Waals surface area (Å²) in [6, 6.07) is 8.52. The molecule has 5 nitrogen and oxygen atoms in total. The van der Waals surface area contributed by atoms with Gasteiger partial charge in [0.25, 0.3) is 0 Å². The highest BCUT2D eigenvalue weighted by Gasteiger charge is 2.21. The average Bonchev–Trinajstić information content (AvgIpc) is 2.63. The molecule has 0 saturated carbocycles. The number of hydrogen-bond acceptors (Lipinski definition) is 3. The Hall–Kier alpha value is -1.11. The number of rotatable bonds is 6. The van der Waals surface area contributed by atoms with E-state index in [4.69, 9.17) is 11.6 Å². The Kier molecular flexibility index (Phi) is 8.58. The van der Waals surface area contributed by atoms with Gasteiger partial charge in [-0.1, -0.05) is 23.7 Å². The number of halogens is 1. The number of nitrogens with zero attached hydrogens (tertiary/aromatic N) is 2. The molecular formula is C20H33ClN4OS. The van der Waals surface area contributed by atoms with Crippen LogP contribution in [0.1, 0.15) is 39.2 Å². The Balaban J connectivity index is 1.70. The highest BCUT2D eigenvalue weighted by molar-refractivity contribution is 7.86. The van der Waals surface area contributed by atoms with E-state index in [1.807, 2.05) is 32.9 Å². The first-order valence-corrected chi connectivity index (χ1v) is 11.3. The molecule has 1 aliphatic rings. The van der Waals surface area contributed by atoms with E-state index in [2.05, 4.69) is 32.7 Å². The highest BCUT2D eigenvalue weighted by atomic mass is 35.5. The fraction of sp³-hybridized carbons (Fsp3) is 0.650. The van der Waals surface area contributed by atoms with Gasteiger partial charge in [-0.3, -0.25) is 14.1 Å². The van der Waals surface area contributed by atoms with Crippen LogP contribution in [0.3, 0.4) is 0 Å². The average molecular weight is 413 g/mol. The van der Waals surface area contributed by atoms with Gasteiger partial charge in [0.15, 0.2) is 5.96 Å². The highest BCUT2D eigenvalue weighted by Crippen LogP contribution is 2.16. The summed E-state index contributed by atoms with van der Waals surface area (Å²) in [5.41, 5.74) is 1.30. The minimum atomic E-state index is -0.848. The largest absolute Gasteiger partial charge is 0.355 e. The van der Waals surface area contributed by atoms with Crippen LogP contribution in [0.5, 0.6) is 0 Å². The van der Waals surface area contributed by atoms with Crippen molar-refractivity contribution >= 4 is 28.4 Å². The van der Waals surface area contributed by atoms with Gasteiger partial charge in [0.2, 0.25) is 0 Å². The van der Waals surface area contributed by atoms with Gasteiger partial charge in [0.05, 0.1) is 0 Å². The molecule has 1 heterocycles. The summed E-state index contributed by atoms with van der Waals surface area (Å²) < 4.78 is 12.0. The fourth-order valence-corrected chi connectivity index (χ4v) is 4.07.